The predicted molar refractivity (Wildman–Crippen MR) is 89.7 cm³/mol. The minimum absolute atomic E-state index is 0. The highest BCUT2D eigenvalue weighted by Crippen LogP contribution is 2.41. The highest BCUT2D eigenvalue weighted by molar-refractivity contribution is 14.0. The van der Waals surface area contributed by atoms with Crippen molar-refractivity contribution >= 4 is 29.9 Å². The molecule has 1 aromatic carbocycles. The first kappa shape index (κ1) is 16.1. The third kappa shape index (κ3) is 4.26. The molecule has 1 aliphatic rings. The van der Waals surface area contributed by atoms with Crippen LogP contribution < -0.4 is 15.4 Å². The molecule has 0 aliphatic heterocycles. The summed E-state index contributed by atoms with van der Waals surface area (Å²) in [7, 11) is 3.66. The van der Waals surface area contributed by atoms with E-state index in [0.29, 0.717) is 18.6 Å². The summed E-state index contributed by atoms with van der Waals surface area (Å²) in [6, 6.07) is 8.88. The van der Waals surface area contributed by atoms with Crippen LogP contribution >= 0.6 is 24.0 Å². The zero-order valence-corrected chi connectivity index (χ0v) is 14.0. The summed E-state index contributed by atoms with van der Waals surface area (Å²) >= 11 is 0. The second-order valence-corrected chi connectivity index (χ2v) is 4.42. The van der Waals surface area contributed by atoms with Gasteiger partial charge in [-0.05, 0) is 31.0 Å². The highest BCUT2D eigenvalue weighted by Gasteiger charge is 2.38. The number of aliphatic imine (C=N–C) groups is 1. The summed E-state index contributed by atoms with van der Waals surface area (Å²) in [5.41, 5.74) is 1.36. The van der Waals surface area contributed by atoms with Gasteiger partial charge in [-0.2, -0.15) is 0 Å². The second kappa shape index (κ2) is 7.57. The first-order valence-electron chi connectivity index (χ1n) is 6.42. The molecule has 5 heteroatoms. The number of guanidine groups is 1. The van der Waals surface area contributed by atoms with Crippen molar-refractivity contribution in [2.75, 3.05) is 20.7 Å². The largest absolute Gasteiger partial charge is 0.494 e. The number of halogens is 1. The fourth-order valence-corrected chi connectivity index (χ4v) is 2.12. The van der Waals surface area contributed by atoms with Gasteiger partial charge in [-0.25, -0.2) is 0 Å². The Kier molecular flexibility index (Phi) is 6.41. The molecule has 1 aromatic rings. The molecule has 0 spiro atoms. The van der Waals surface area contributed by atoms with E-state index >= 15 is 0 Å². The topological polar surface area (TPSA) is 45.6 Å². The molecule has 0 saturated heterocycles. The zero-order valence-electron chi connectivity index (χ0n) is 11.6. The molecule has 2 rings (SSSR count). The Morgan fingerprint density at radius 2 is 2.05 bits per heavy atom. The molecule has 0 amide bonds. The van der Waals surface area contributed by atoms with Gasteiger partial charge in [-0.1, -0.05) is 12.1 Å². The lowest BCUT2D eigenvalue weighted by molar-refractivity contribution is 0.340. The van der Waals surface area contributed by atoms with Crippen LogP contribution in [0.1, 0.15) is 24.8 Å². The van der Waals surface area contributed by atoms with Gasteiger partial charge in [0.1, 0.15) is 5.75 Å². The Bertz CT molecular complexity index is 419. The summed E-state index contributed by atoms with van der Waals surface area (Å²) in [6.45, 7) is 2.71. The van der Waals surface area contributed by atoms with Crippen LogP contribution in [0.15, 0.2) is 29.3 Å². The average Bonchev–Trinajstić information content (AvgIpc) is 3.16. The van der Waals surface area contributed by atoms with E-state index in [9.17, 15) is 0 Å². The summed E-state index contributed by atoms with van der Waals surface area (Å²) in [6.07, 6.45) is 1.16. The van der Waals surface area contributed by atoms with Crippen LogP contribution in [0.25, 0.3) is 0 Å². The smallest absolute Gasteiger partial charge is 0.190 e. The molecular weight excluding hydrogens is 353 g/mol. The number of nitrogens with one attached hydrogen (secondary N) is 2. The minimum atomic E-state index is 0. The number of hydrogen-bond acceptors (Lipinski definition) is 2. The maximum atomic E-state index is 5.44. The zero-order chi connectivity index (χ0) is 13.0. The number of hydrogen-bond donors (Lipinski definition) is 2. The van der Waals surface area contributed by atoms with Gasteiger partial charge in [-0.15, -0.1) is 24.0 Å². The Morgan fingerprint density at radius 3 is 2.58 bits per heavy atom. The third-order valence-corrected chi connectivity index (χ3v) is 3.19. The molecule has 2 unspecified atom stereocenters. The third-order valence-electron chi connectivity index (χ3n) is 3.19. The fourth-order valence-electron chi connectivity index (χ4n) is 2.12. The monoisotopic (exact) mass is 375 g/mol. The number of nitrogens with zero attached hydrogens (tertiary/aromatic N) is 1. The molecule has 1 saturated carbocycles. The lowest BCUT2D eigenvalue weighted by atomic mass is 10.1. The maximum Gasteiger partial charge on any atom is 0.190 e. The van der Waals surface area contributed by atoms with Gasteiger partial charge in [0, 0.05) is 26.1 Å². The molecule has 4 nitrogen and oxygen atoms in total. The highest BCUT2D eigenvalue weighted by atomic mass is 127. The minimum Gasteiger partial charge on any atom is -0.494 e. The maximum absolute atomic E-state index is 5.44. The van der Waals surface area contributed by atoms with Gasteiger partial charge >= 0.3 is 0 Å². The van der Waals surface area contributed by atoms with Gasteiger partial charge in [0.2, 0.25) is 0 Å². The standard InChI is InChI=1S/C14H21N3O.HI/c1-4-18-11-7-5-10(6-8-11)12-9-13(12)17-14(15-2)16-3;/h5-8,12-13H,4,9H2,1-3H3,(H2,15,16,17);1H. The van der Waals surface area contributed by atoms with Gasteiger partial charge in [0.15, 0.2) is 5.96 Å². The van der Waals surface area contributed by atoms with Crippen molar-refractivity contribution in [2.24, 2.45) is 4.99 Å². The fraction of sp³-hybridized carbons (Fsp3) is 0.500. The van der Waals surface area contributed by atoms with Crippen molar-refractivity contribution in [1.29, 1.82) is 0 Å². The van der Waals surface area contributed by atoms with E-state index in [2.05, 4.69) is 27.8 Å². The van der Waals surface area contributed by atoms with E-state index in [1.165, 1.54) is 5.56 Å². The molecule has 0 aromatic heterocycles. The van der Waals surface area contributed by atoms with Crippen LogP contribution in [0, 0.1) is 0 Å². The summed E-state index contributed by atoms with van der Waals surface area (Å²) in [4.78, 5) is 4.13. The molecule has 19 heavy (non-hydrogen) atoms. The molecular formula is C14H22IN3O. The van der Waals surface area contributed by atoms with Gasteiger partial charge in [-0.3, -0.25) is 4.99 Å². The normalized spacial score (nSPS) is 21.3. The predicted octanol–water partition coefficient (Wildman–Crippen LogP) is 2.35. The number of rotatable bonds is 4. The van der Waals surface area contributed by atoms with Crippen molar-refractivity contribution in [3.63, 3.8) is 0 Å². The van der Waals surface area contributed by atoms with E-state index in [1.807, 2.05) is 26.1 Å². The Labute approximate surface area is 132 Å². The average molecular weight is 375 g/mol. The van der Waals surface area contributed by atoms with Crippen molar-refractivity contribution in [3.05, 3.63) is 29.8 Å². The Morgan fingerprint density at radius 1 is 1.37 bits per heavy atom. The van der Waals surface area contributed by atoms with Crippen LogP contribution in [-0.4, -0.2) is 32.7 Å². The van der Waals surface area contributed by atoms with E-state index in [-0.39, 0.29) is 24.0 Å². The molecule has 1 fully saturated rings. The van der Waals surface area contributed by atoms with Gasteiger partial charge in [0.25, 0.3) is 0 Å². The van der Waals surface area contributed by atoms with Crippen LogP contribution in [0.4, 0.5) is 0 Å². The number of benzene rings is 1. The summed E-state index contributed by atoms with van der Waals surface area (Å²) < 4.78 is 5.44. The van der Waals surface area contributed by atoms with E-state index in [1.54, 1.807) is 7.05 Å². The quantitative estimate of drug-likeness (QED) is 0.483. The Hall–Kier alpha value is -0.980. The molecule has 2 N–H and O–H groups in total. The molecule has 2 atom stereocenters. The molecule has 0 radical (unpaired) electrons. The Balaban J connectivity index is 0.00000180. The second-order valence-electron chi connectivity index (χ2n) is 4.42. The summed E-state index contributed by atoms with van der Waals surface area (Å²) in [5.74, 6) is 2.39. The van der Waals surface area contributed by atoms with Crippen LogP contribution in [0.3, 0.4) is 0 Å². The SMILES string of the molecule is CCOc1ccc(C2CC2NC(=NC)NC)cc1.I. The molecule has 1 aliphatic carbocycles. The van der Waals surface area contributed by atoms with Crippen molar-refractivity contribution < 1.29 is 4.74 Å². The van der Waals surface area contributed by atoms with Crippen LogP contribution in [0.5, 0.6) is 5.75 Å². The first-order valence-corrected chi connectivity index (χ1v) is 6.42. The van der Waals surface area contributed by atoms with Crippen molar-refractivity contribution in [1.82, 2.24) is 10.6 Å². The van der Waals surface area contributed by atoms with Gasteiger partial charge in [0.05, 0.1) is 6.61 Å². The van der Waals surface area contributed by atoms with E-state index in [0.717, 1.165) is 18.1 Å². The molecule has 0 heterocycles. The molecule has 106 valence electrons. The molecule has 0 bridgehead atoms. The van der Waals surface area contributed by atoms with E-state index < -0.39 is 0 Å². The first-order chi connectivity index (χ1) is 8.78. The van der Waals surface area contributed by atoms with Gasteiger partial charge < -0.3 is 15.4 Å². The van der Waals surface area contributed by atoms with E-state index in [4.69, 9.17) is 4.74 Å². The lowest BCUT2D eigenvalue weighted by Gasteiger charge is -2.08. The van der Waals surface area contributed by atoms with Crippen molar-refractivity contribution in [2.45, 2.75) is 25.3 Å². The number of ether oxygens (including phenoxy) is 1. The summed E-state index contributed by atoms with van der Waals surface area (Å²) in [5, 5.41) is 6.43. The van der Waals surface area contributed by atoms with Crippen molar-refractivity contribution in [3.8, 4) is 5.75 Å². The van der Waals surface area contributed by atoms with Crippen LogP contribution in [0.2, 0.25) is 0 Å². The lowest BCUT2D eigenvalue weighted by Crippen LogP contribution is -2.36. The van der Waals surface area contributed by atoms with Crippen LogP contribution in [-0.2, 0) is 0 Å².